The molecule has 1 heterocycles. The van der Waals surface area contributed by atoms with Gasteiger partial charge in [0.15, 0.2) is 5.82 Å². The van der Waals surface area contributed by atoms with Crippen molar-refractivity contribution in [3.8, 4) is 0 Å². The number of nitrogens with zero attached hydrogens (tertiary/aromatic N) is 2. The van der Waals surface area contributed by atoms with Gasteiger partial charge in [-0.1, -0.05) is 30.8 Å². The summed E-state index contributed by atoms with van der Waals surface area (Å²) in [4.78, 5) is 4.29. The second kappa shape index (κ2) is 7.08. The van der Waals surface area contributed by atoms with Gasteiger partial charge in [-0.2, -0.15) is 4.98 Å². The molecule has 0 bridgehead atoms. The van der Waals surface area contributed by atoms with E-state index in [0.717, 1.165) is 25.7 Å². The number of alkyl halides is 2. The van der Waals surface area contributed by atoms with E-state index in [-0.39, 0.29) is 6.61 Å². The molecule has 1 fully saturated rings. The minimum Gasteiger partial charge on any atom is -0.375 e. The van der Waals surface area contributed by atoms with Crippen molar-refractivity contribution in [1.29, 1.82) is 0 Å². The standard InChI is InChI=1S/C13H21F2N3O2/c14-10(15)9-19-8-5-11-17-12(20-18-11)13(16)6-3-1-2-4-7-13/h10H,1-9,16H2. The maximum absolute atomic E-state index is 11.9. The van der Waals surface area contributed by atoms with E-state index < -0.39 is 18.6 Å². The number of hydrogen-bond acceptors (Lipinski definition) is 5. The highest BCUT2D eigenvalue weighted by atomic mass is 19.3. The molecule has 20 heavy (non-hydrogen) atoms. The molecule has 0 aliphatic heterocycles. The molecule has 0 unspecified atom stereocenters. The van der Waals surface area contributed by atoms with Gasteiger partial charge in [0.05, 0.1) is 12.1 Å². The zero-order chi connectivity index (χ0) is 14.4. The highest BCUT2D eigenvalue weighted by molar-refractivity contribution is 5.03. The van der Waals surface area contributed by atoms with E-state index >= 15 is 0 Å². The van der Waals surface area contributed by atoms with Crippen LogP contribution in [-0.2, 0) is 16.7 Å². The maximum Gasteiger partial charge on any atom is 0.261 e. The number of rotatable bonds is 6. The van der Waals surface area contributed by atoms with Gasteiger partial charge in [0.1, 0.15) is 6.61 Å². The third-order valence-corrected chi connectivity index (χ3v) is 3.60. The minimum absolute atomic E-state index is 0.154. The van der Waals surface area contributed by atoms with Gasteiger partial charge in [-0.05, 0) is 12.8 Å². The van der Waals surface area contributed by atoms with Gasteiger partial charge in [0, 0.05) is 6.42 Å². The summed E-state index contributed by atoms with van der Waals surface area (Å²) in [6.07, 6.45) is 4.08. The van der Waals surface area contributed by atoms with Gasteiger partial charge in [0.2, 0.25) is 5.89 Å². The van der Waals surface area contributed by atoms with Crippen LogP contribution in [0.15, 0.2) is 4.52 Å². The molecule has 0 aromatic carbocycles. The van der Waals surface area contributed by atoms with E-state index in [1.54, 1.807) is 0 Å². The molecule has 2 rings (SSSR count). The summed E-state index contributed by atoms with van der Waals surface area (Å²) in [5, 5.41) is 3.85. The molecule has 7 heteroatoms. The lowest BCUT2D eigenvalue weighted by atomic mass is 9.91. The average molecular weight is 289 g/mol. The first kappa shape index (κ1) is 15.3. The van der Waals surface area contributed by atoms with Crippen LogP contribution in [0.4, 0.5) is 8.78 Å². The van der Waals surface area contributed by atoms with Crippen LogP contribution < -0.4 is 5.73 Å². The van der Waals surface area contributed by atoms with E-state index in [0.29, 0.717) is 18.1 Å². The number of hydrogen-bond donors (Lipinski definition) is 1. The molecule has 1 aromatic heterocycles. The predicted molar refractivity (Wildman–Crippen MR) is 68.4 cm³/mol. The summed E-state index contributed by atoms with van der Waals surface area (Å²) in [5.74, 6) is 0.923. The van der Waals surface area contributed by atoms with Gasteiger partial charge in [0.25, 0.3) is 6.43 Å². The molecule has 0 saturated heterocycles. The average Bonchev–Trinajstić information content (AvgIpc) is 2.78. The van der Waals surface area contributed by atoms with E-state index in [2.05, 4.69) is 10.1 Å². The number of ether oxygens (including phenoxy) is 1. The fourth-order valence-corrected chi connectivity index (χ4v) is 2.47. The van der Waals surface area contributed by atoms with Crippen molar-refractivity contribution in [3.05, 3.63) is 11.7 Å². The van der Waals surface area contributed by atoms with Crippen LogP contribution >= 0.6 is 0 Å². The van der Waals surface area contributed by atoms with Crippen LogP contribution in [-0.4, -0.2) is 29.8 Å². The lowest BCUT2D eigenvalue weighted by molar-refractivity contribution is 0.0182. The third-order valence-electron chi connectivity index (χ3n) is 3.60. The molecule has 114 valence electrons. The SMILES string of the molecule is NC1(c2nc(CCOCC(F)F)no2)CCCCCC1. The summed E-state index contributed by atoms with van der Waals surface area (Å²) < 4.78 is 33.9. The summed E-state index contributed by atoms with van der Waals surface area (Å²) in [5.41, 5.74) is 5.83. The van der Waals surface area contributed by atoms with Gasteiger partial charge in [-0.3, -0.25) is 0 Å². The van der Waals surface area contributed by atoms with Crippen LogP contribution in [0.1, 0.15) is 50.2 Å². The Bertz CT molecular complexity index is 404. The van der Waals surface area contributed by atoms with Crippen molar-refractivity contribution in [1.82, 2.24) is 10.1 Å². The monoisotopic (exact) mass is 289 g/mol. The highest BCUT2D eigenvalue weighted by Gasteiger charge is 2.34. The number of halogens is 2. The minimum atomic E-state index is -2.45. The second-order valence-corrected chi connectivity index (χ2v) is 5.30. The van der Waals surface area contributed by atoms with Crippen LogP contribution in [0.3, 0.4) is 0 Å². The Balaban J connectivity index is 1.87. The van der Waals surface area contributed by atoms with Crippen LogP contribution in [0.5, 0.6) is 0 Å². The molecule has 0 spiro atoms. The van der Waals surface area contributed by atoms with Gasteiger partial charge in [-0.15, -0.1) is 0 Å². The molecule has 0 amide bonds. The highest BCUT2D eigenvalue weighted by Crippen LogP contribution is 2.32. The largest absolute Gasteiger partial charge is 0.375 e. The predicted octanol–water partition coefficient (Wildman–Crippen LogP) is 2.40. The van der Waals surface area contributed by atoms with E-state index in [1.165, 1.54) is 12.8 Å². The van der Waals surface area contributed by atoms with Gasteiger partial charge in [-0.25, -0.2) is 8.78 Å². The maximum atomic E-state index is 11.9. The molecule has 1 aromatic rings. The smallest absolute Gasteiger partial charge is 0.261 e. The molecular weight excluding hydrogens is 268 g/mol. The summed E-state index contributed by atoms with van der Waals surface area (Å²) in [6.45, 7) is -0.410. The number of nitrogens with two attached hydrogens (primary N) is 1. The van der Waals surface area contributed by atoms with E-state index in [4.69, 9.17) is 15.0 Å². The Morgan fingerprint density at radius 1 is 1.25 bits per heavy atom. The third kappa shape index (κ3) is 4.21. The zero-order valence-electron chi connectivity index (χ0n) is 11.5. The lowest BCUT2D eigenvalue weighted by Gasteiger charge is -2.22. The fraction of sp³-hybridized carbons (Fsp3) is 0.846. The summed E-state index contributed by atoms with van der Waals surface area (Å²) in [7, 11) is 0. The molecule has 0 atom stereocenters. The van der Waals surface area contributed by atoms with Crippen molar-refractivity contribution in [2.75, 3.05) is 13.2 Å². The van der Waals surface area contributed by atoms with Gasteiger partial charge < -0.3 is 15.0 Å². The molecule has 1 saturated carbocycles. The van der Waals surface area contributed by atoms with Crippen molar-refractivity contribution in [3.63, 3.8) is 0 Å². The number of aromatic nitrogens is 2. The lowest BCUT2D eigenvalue weighted by Crippen LogP contribution is -2.36. The van der Waals surface area contributed by atoms with Crippen molar-refractivity contribution in [2.24, 2.45) is 5.73 Å². The molecule has 0 radical (unpaired) electrons. The van der Waals surface area contributed by atoms with Crippen LogP contribution in [0.25, 0.3) is 0 Å². The fourth-order valence-electron chi connectivity index (χ4n) is 2.47. The molecular formula is C13H21F2N3O2. The first-order chi connectivity index (χ1) is 9.60. The second-order valence-electron chi connectivity index (χ2n) is 5.30. The van der Waals surface area contributed by atoms with Gasteiger partial charge >= 0.3 is 0 Å². The Hall–Kier alpha value is -1.08. The summed E-state index contributed by atoms with van der Waals surface area (Å²) in [6, 6.07) is 0. The Labute approximate surface area is 116 Å². The Morgan fingerprint density at radius 3 is 2.60 bits per heavy atom. The van der Waals surface area contributed by atoms with Crippen molar-refractivity contribution >= 4 is 0 Å². The summed E-state index contributed by atoms with van der Waals surface area (Å²) >= 11 is 0. The molecule has 1 aliphatic carbocycles. The van der Waals surface area contributed by atoms with Crippen molar-refractivity contribution in [2.45, 2.75) is 56.9 Å². The van der Waals surface area contributed by atoms with E-state index in [1.807, 2.05) is 0 Å². The molecule has 5 nitrogen and oxygen atoms in total. The van der Waals surface area contributed by atoms with Crippen LogP contribution in [0, 0.1) is 0 Å². The van der Waals surface area contributed by atoms with Crippen molar-refractivity contribution < 1.29 is 18.0 Å². The Kier molecular flexibility index (Phi) is 5.42. The Morgan fingerprint density at radius 2 is 1.95 bits per heavy atom. The topological polar surface area (TPSA) is 74.2 Å². The first-order valence-electron chi connectivity index (χ1n) is 7.08. The molecule has 1 aliphatic rings. The van der Waals surface area contributed by atoms with Crippen LogP contribution in [0.2, 0.25) is 0 Å². The quantitative estimate of drug-likeness (QED) is 0.643. The zero-order valence-corrected chi connectivity index (χ0v) is 11.5. The normalized spacial score (nSPS) is 19.2. The molecule has 2 N–H and O–H groups in total. The van der Waals surface area contributed by atoms with E-state index in [9.17, 15) is 8.78 Å². The first-order valence-corrected chi connectivity index (χ1v) is 7.08.